The first kappa shape index (κ1) is 17.0. The summed E-state index contributed by atoms with van der Waals surface area (Å²) in [4.78, 5) is 4.37. The molecule has 0 bridgehead atoms. The predicted molar refractivity (Wildman–Crippen MR) is 101 cm³/mol. The van der Waals surface area contributed by atoms with Gasteiger partial charge in [-0.25, -0.2) is 10.5 Å². The number of hydrogen-bond acceptors (Lipinski definition) is 6. The van der Waals surface area contributed by atoms with E-state index in [2.05, 4.69) is 44.8 Å². The van der Waals surface area contributed by atoms with Crippen LogP contribution in [0.1, 0.15) is 16.7 Å². The summed E-state index contributed by atoms with van der Waals surface area (Å²) in [5.74, 6) is 2.13. The summed E-state index contributed by atoms with van der Waals surface area (Å²) in [6.07, 6.45) is 1.70. The number of aromatic amines is 1. The van der Waals surface area contributed by atoms with Crippen LogP contribution in [0.4, 0.5) is 5.95 Å². The van der Waals surface area contributed by atoms with Crippen molar-refractivity contribution in [1.82, 2.24) is 15.2 Å². The van der Waals surface area contributed by atoms with Crippen molar-refractivity contribution in [2.75, 3.05) is 12.5 Å². The summed E-state index contributed by atoms with van der Waals surface area (Å²) in [6, 6.07) is 15.9. The Bertz CT molecular complexity index is 862. The number of rotatable bonds is 7. The average Bonchev–Trinajstić information content (AvgIpc) is 3.09. The number of ether oxygens (including phenoxy) is 1. The molecule has 0 spiro atoms. The van der Waals surface area contributed by atoms with Gasteiger partial charge >= 0.3 is 0 Å². The summed E-state index contributed by atoms with van der Waals surface area (Å²) >= 11 is 1.58. The van der Waals surface area contributed by atoms with E-state index in [0.717, 1.165) is 17.1 Å². The smallest absolute Gasteiger partial charge is 0.240 e. The molecule has 0 saturated heterocycles. The molecule has 0 saturated carbocycles. The molecule has 25 heavy (non-hydrogen) atoms. The maximum Gasteiger partial charge on any atom is 0.240 e. The minimum Gasteiger partial charge on any atom is -0.497 e. The van der Waals surface area contributed by atoms with Gasteiger partial charge in [-0.05, 0) is 35.7 Å². The van der Waals surface area contributed by atoms with E-state index in [0.29, 0.717) is 11.1 Å². The third-order valence-corrected chi connectivity index (χ3v) is 4.46. The van der Waals surface area contributed by atoms with Crippen LogP contribution in [0.3, 0.4) is 0 Å². The number of nitrogens with zero attached hydrogens (tertiary/aromatic N) is 3. The number of anilines is 1. The molecule has 0 unspecified atom stereocenters. The van der Waals surface area contributed by atoms with Crippen molar-refractivity contribution in [2.24, 2.45) is 5.10 Å². The van der Waals surface area contributed by atoms with Crippen LogP contribution in [0.15, 0.2) is 58.8 Å². The summed E-state index contributed by atoms with van der Waals surface area (Å²) < 4.78 is 5.18. The second kappa shape index (κ2) is 8.34. The van der Waals surface area contributed by atoms with Crippen LogP contribution in [0.25, 0.3) is 0 Å². The zero-order valence-corrected chi connectivity index (χ0v) is 14.9. The maximum atomic E-state index is 5.18. The standard InChI is InChI=1S/C18H19N5OS/c1-13-6-3-4-8-15(13)12-25-18-20-17(22-23-18)21-19-11-14-7-5-9-16(10-14)24-2/h3-11H,12H2,1-2H3,(H2,20,21,22,23)/b19-11-. The largest absolute Gasteiger partial charge is 0.497 e. The van der Waals surface area contributed by atoms with Crippen LogP contribution in [-0.2, 0) is 5.75 Å². The number of benzene rings is 2. The van der Waals surface area contributed by atoms with Crippen LogP contribution in [0, 0.1) is 6.92 Å². The molecule has 7 heteroatoms. The van der Waals surface area contributed by atoms with Gasteiger partial charge in [0.2, 0.25) is 11.1 Å². The van der Waals surface area contributed by atoms with E-state index in [1.807, 2.05) is 36.4 Å². The topological polar surface area (TPSA) is 75.2 Å². The summed E-state index contributed by atoms with van der Waals surface area (Å²) in [5, 5.41) is 11.9. The third-order valence-electron chi connectivity index (χ3n) is 3.56. The van der Waals surface area contributed by atoms with Gasteiger partial charge in [0.05, 0.1) is 13.3 Å². The van der Waals surface area contributed by atoms with Gasteiger partial charge in [-0.1, -0.05) is 48.2 Å². The Hall–Kier alpha value is -2.80. The lowest BCUT2D eigenvalue weighted by molar-refractivity contribution is 0.415. The predicted octanol–water partition coefficient (Wildman–Crippen LogP) is 3.86. The highest BCUT2D eigenvalue weighted by molar-refractivity contribution is 7.98. The number of H-pyrrole nitrogens is 1. The van der Waals surface area contributed by atoms with Gasteiger partial charge in [-0.15, -0.1) is 5.10 Å². The van der Waals surface area contributed by atoms with Crippen molar-refractivity contribution < 1.29 is 4.74 Å². The highest BCUT2D eigenvalue weighted by Gasteiger charge is 2.05. The molecule has 1 aromatic heterocycles. The normalized spacial score (nSPS) is 11.0. The number of aromatic nitrogens is 3. The van der Waals surface area contributed by atoms with Gasteiger partial charge in [0.25, 0.3) is 0 Å². The fourth-order valence-corrected chi connectivity index (χ4v) is 3.04. The molecule has 0 aliphatic rings. The zero-order valence-electron chi connectivity index (χ0n) is 14.1. The van der Waals surface area contributed by atoms with Crippen molar-refractivity contribution in [3.05, 3.63) is 65.2 Å². The molecule has 6 nitrogen and oxygen atoms in total. The molecule has 0 atom stereocenters. The van der Waals surface area contributed by atoms with Gasteiger partial charge in [-0.2, -0.15) is 10.1 Å². The van der Waals surface area contributed by atoms with Crippen LogP contribution in [-0.4, -0.2) is 28.5 Å². The molecule has 0 aliphatic carbocycles. The first-order valence-electron chi connectivity index (χ1n) is 7.77. The zero-order chi connectivity index (χ0) is 17.5. The minimum absolute atomic E-state index is 0.506. The van der Waals surface area contributed by atoms with E-state index in [-0.39, 0.29) is 0 Å². The SMILES string of the molecule is COc1cccc(/C=N\Nc2nc(SCc3ccccc3C)n[nH]2)c1. The quantitative estimate of drug-likeness (QED) is 0.383. The van der Waals surface area contributed by atoms with Gasteiger partial charge in [0, 0.05) is 5.75 Å². The van der Waals surface area contributed by atoms with Crippen molar-refractivity contribution in [3.8, 4) is 5.75 Å². The average molecular weight is 353 g/mol. The Morgan fingerprint density at radius 2 is 2.12 bits per heavy atom. The molecular weight excluding hydrogens is 334 g/mol. The number of hydrazone groups is 1. The Labute approximate surface area is 150 Å². The van der Waals surface area contributed by atoms with Gasteiger partial charge < -0.3 is 4.74 Å². The molecular formula is C18H19N5OS. The lowest BCUT2D eigenvalue weighted by Gasteiger charge is -2.02. The molecule has 0 fully saturated rings. The number of thioether (sulfide) groups is 1. The molecule has 2 aromatic carbocycles. The van der Waals surface area contributed by atoms with Crippen LogP contribution in [0.5, 0.6) is 5.75 Å². The van der Waals surface area contributed by atoms with E-state index in [9.17, 15) is 0 Å². The molecule has 128 valence electrons. The maximum absolute atomic E-state index is 5.18. The fraction of sp³-hybridized carbons (Fsp3) is 0.167. The number of methoxy groups -OCH3 is 1. The second-order valence-electron chi connectivity index (χ2n) is 5.33. The van der Waals surface area contributed by atoms with Crippen molar-refractivity contribution in [1.29, 1.82) is 0 Å². The summed E-state index contributed by atoms with van der Waals surface area (Å²) in [5.41, 5.74) is 6.33. The van der Waals surface area contributed by atoms with E-state index in [4.69, 9.17) is 4.74 Å². The molecule has 3 rings (SSSR count). The first-order valence-corrected chi connectivity index (χ1v) is 8.76. The minimum atomic E-state index is 0.506. The fourth-order valence-electron chi connectivity index (χ4n) is 2.17. The summed E-state index contributed by atoms with van der Waals surface area (Å²) in [6.45, 7) is 2.11. The van der Waals surface area contributed by atoms with Gasteiger partial charge in [0.15, 0.2) is 0 Å². The Balaban J connectivity index is 1.54. The molecule has 0 aliphatic heterocycles. The molecule has 2 N–H and O–H groups in total. The van der Waals surface area contributed by atoms with E-state index >= 15 is 0 Å². The molecule has 3 aromatic rings. The van der Waals surface area contributed by atoms with E-state index in [1.54, 1.807) is 25.1 Å². The number of aryl methyl sites for hydroxylation is 1. The highest BCUT2D eigenvalue weighted by atomic mass is 32.2. The lowest BCUT2D eigenvalue weighted by atomic mass is 10.1. The number of nitrogens with one attached hydrogen (secondary N) is 2. The first-order chi connectivity index (χ1) is 12.2. The second-order valence-corrected chi connectivity index (χ2v) is 6.27. The highest BCUT2D eigenvalue weighted by Crippen LogP contribution is 2.21. The Morgan fingerprint density at radius 1 is 1.24 bits per heavy atom. The Kier molecular flexibility index (Phi) is 5.69. The van der Waals surface area contributed by atoms with Crippen LogP contribution in [0.2, 0.25) is 0 Å². The summed E-state index contributed by atoms with van der Waals surface area (Å²) in [7, 11) is 1.64. The number of hydrogen-bond donors (Lipinski definition) is 2. The molecule has 0 amide bonds. The van der Waals surface area contributed by atoms with Gasteiger partial charge in [0.1, 0.15) is 5.75 Å². The van der Waals surface area contributed by atoms with Crippen molar-refractivity contribution in [3.63, 3.8) is 0 Å². The van der Waals surface area contributed by atoms with E-state index < -0.39 is 0 Å². The molecule has 0 radical (unpaired) electrons. The van der Waals surface area contributed by atoms with Crippen molar-refractivity contribution in [2.45, 2.75) is 17.8 Å². The Morgan fingerprint density at radius 3 is 2.96 bits per heavy atom. The lowest BCUT2D eigenvalue weighted by Crippen LogP contribution is -1.93. The van der Waals surface area contributed by atoms with Gasteiger partial charge in [-0.3, -0.25) is 0 Å². The van der Waals surface area contributed by atoms with Crippen molar-refractivity contribution >= 4 is 23.9 Å². The van der Waals surface area contributed by atoms with Crippen LogP contribution < -0.4 is 10.2 Å². The third kappa shape index (κ3) is 4.84. The molecule has 1 heterocycles. The van der Waals surface area contributed by atoms with E-state index in [1.165, 1.54) is 11.1 Å². The monoisotopic (exact) mass is 353 g/mol. The van der Waals surface area contributed by atoms with Crippen LogP contribution >= 0.6 is 11.8 Å².